The van der Waals surface area contributed by atoms with Gasteiger partial charge in [-0.15, -0.1) is 0 Å². The average molecular weight is 278 g/mol. The number of carbonyl (C=O) groups excluding carboxylic acids is 1. The summed E-state index contributed by atoms with van der Waals surface area (Å²) in [6.45, 7) is 3.89. The van der Waals surface area contributed by atoms with Crippen molar-refractivity contribution in [1.29, 1.82) is 0 Å². The molecule has 0 saturated heterocycles. The number of aliphatic hydroxyl groups excluding tert-OH is 1. The molecule has 6 heteroatoms. The standard InChI is InChI=1S/C14H18N2O4/c1-8(2)11(17)7-15-13(18)9-5-4-6-10-12(9)20-14(19)16(10)3/h4-6,8,11,17H,7H2,1-3H3,(H,15,18). The van der Waals surface area contributed by atoms with Crippen LogP contribution in [0.15, 0.2) is 27.4 Å². The highest BCUT2D eigenvalue weighted by Gasteiger charge is 2.17. The number of aryl methyl sites for hydroxylation is 1. The van der Waals surface area contributed by atoms with Gasteiger partial charge in [-0.3, -0.25) is 9.36 Å². The van der Waals surface area contributed by atoms with Gasteiger partial charge in [-0.05, 0) is 18.1 Å². The van der Waals surface area contributed by atoms with Crippen LogP contribution in [0.4, 0.5) is 0 Å². The number of aliphatic hydroxyl groups is 1. The number of amides is 1. The molecule has 2 N–H and O–H groups in total. The number of para-hydroxylation sites is 1. The number of benzene rings is 1. The van der Waals surface area contributed by atoms with Crippen LogP contribution in [0.1, 0.15) is 24.2 Å². The van der Waals surface area contributed by atoms with Crippen molar-refractivity contribution < 1.29 is 14.3 Å². The van der Waals surface area contributed by atoms with E-state index in [-0.39, 0.29) is 29.5 Å². The molecule has 1 amide bonds. The lowest BCUT2D eigenvalue weighted by molar-refractivity contribution is 0.0872. The van der Waals surface area contributed by atoms with Gasteiger partial charge in [-0.1, -0.05) is 19.9 Å². The van der Waals surface area contributed by atoms with Gasteiger partial charge in [-0.2, -0.15) is 0 Å². The average Bonchev–Trinajstić information content (AvgIpc) is 2.71. The number of aromatic nitrogens is 1. The Labute approximate surface area is 116 Å². The molecule has 0 saturated carbocycles. The van der Waals surface area contributed by atoms with E-state index < -0.39 is 11.9 Å². The molecule has 20 heavy (non-hydrogen) atoms. The second-order valence-corrected chi connectivity index (χ2v) is 5.10. The minimum Gasteiger partial charge on any atom is -0.407 e. The van der Waals surface area contributed by atoms with Gasteiger partial charge in [0.1, 0.15) is 0 Å². The Morgan fingerprint density at radius 3 is 2.80 bits per heavy atom. The molecule has 0 radical (unpaired) electrons. The molecule has 1 unspecified atom stereocenters. The normalized spacial score (nSPS) is 12.8. The van der Waals surface area contributed by atoms with Crippen molar-refractivity contribution in [2.24, 2.45) is 13.0 Å². The maximum atomic E-state index is 12.1. The van der Waals surface area contributed by atoms with Crippen molar-refractivity contribution in [3.63, 3.8) is 0 Å². The minimum absolute atomic E-state index is 0.0562. The van der Waals surface area contributed by atoms with Crippen molar-refractivity contribution in [1.82, 2.24) is 9.88 Å². The number of nitrogens with one attached hydrogen (secondary N) is 1. The van der Waals surface area contributed by atoms with Crippen LogP contribution in [0.2, 0.25) is 0 Å². The highest BCUT2D eigenvalue weighted by molar-refractivity contribution is 6.04. The van der Waals surface area contributed by atoms with Crippen LogP contribution >= 0.6 is 0 Å². The van der Waals surface area contributed by atoms with E-state index in [1.807, 2.05) is 13.8 Å². The topological polar surface area (TPSA) is 84.5 Å². The second-order valence-electron chi connectivity index (χ2n) is 5.10. The summed E-state index contributed by atoms with van der Waals surface area (Å²) >= 11 is 0. The zero-order chi connectivity index (χ0) is 14.9. The van der Waals surface area contributed by atoms with Crippen LogP contribution in [-0.4, -0.2) is 28.2 Å². The van der Waals surface area contributed by atoms with E-state index in [1.54, 1.807) is 25.2 Å². The molecule has 1 aromatic carbocycles. The van der Waals surface area contributed by atoms with Gasteiger partial charge in [-0.25, -0.2) is 4.79 Å². The largest absolute Gasteiger partial charge is 0.419 e. The zero-order valence-electron chi connectivity index (χ0n) is 11.7. The maximum absolute atomic E-state index is 12.1. The lowest BCUT2D eigenvalue weighted by Crippen LogP contribution is -2.34. The molecule has 0 spiro atoms. The van der Waals surface area contributed by atoms with Gasteiger partial charge in [0, 0.05) is 13.6 Å². The summed E-state index contributed by atoms with van der Waals surface area (Å²) in [6, 6.07) is 4.98. The molecule has 1 aromatic heterocycles. The molecule has 0 aliphatic heterocycles. The van der Waals surface area contributed by atoms with Crippen LogP contribution in [0.3, 0.4) is 0 Å². The Morgan fingerprint density at radius 1 is 1.45 bits per heavy atom. The number of carbonyl (C=O) groups is 1. The smallest absolute Gasteiger partial charge is 0.407 e. The molecule has 0 aliphatic carbocycles. The molecule has 108 valence electrons. The van der Waals surface area contributed by atoms with Gasteiger partial charge < -0.3 is 14.8 Å². The van der Waals surface area contributed by atoms with Crippen molar-refractivity contribution in [3.05, 3.63) is 34.3 Å². The summed E-state index contributed by atoms with van der Waals surface area (Å²) in [5.74, 6) is -0.826. The highest BCUT2D eigenvalue weighted by Crippen LogP contribution is 2.17. The van der Waals surface area contributed by atoms with E-state index in [9.17, 15) is 14.7 Å². The Balaban J connectivity index is 2.27. The first-order valence-electron chi connectivity index (χ1n) is 6.46. The summed E-state index contributed by atoms with van der Waals surface area (Å²) in [4.78, 5) is 23.6. The Morgan fingerprint density at radius 2 is 2.15 bits per heavy atom. The Hall–Kier alpha value is -2.08. The molecule has 0 bridgehead atoms. The van der Waals surface area contributed by atoms with Gasteiger partial charge in [0.15, 0.2) is 5.58 Å². The molecule has 1 atom stereocenters. The summed E-state index contributed by atoms with van der Waals surface area (Å²) in [5, 5.41) is 12.3. The number of nitrogens with zero attached hydrogens (tertiary/aromatic N) is 1. The van der Waals surface area contributed by atoms with Gasteiger partial charge in [0.2, 0.25) is 0 Å². The van der Waals surface area contributed by atoms with Crippen LogP contribution in [0.5, 0.6) is 0 Å². The lowest BCUT2D eigenvalue weighted by Gasteiger charge is -2.15. The van der Waals surface area contributed by atoms with Crippen molar-refractivity contribution in [3.8, 4) is 0 Å². The fourth-order valence-corrected chi connectivity index (χ4v) is 1.86. The fraction of sp³-hybridized carbons (Fsp3) is 0.429. The lowest BCUT2D eigenvalue weighted by atomic mass is 10.1. The van der Waals surface area contributed by atoms with Crippen molar-refractivity contribution >= 4 is 17.0 Å². The van der Waals surface area contributed by atoms with Crippen molar-refractivity contribution in [2.75, 3.05) is 6.54 Å². The molecule has 2 aromatic rings. The molecule has 6 nitrogen and oxygen atoms in total. The summed E-state index contributed by atoms with van der Waals surface area (Å²) in [5.41, 5.74) is 1.11. The quantitative estimate of drug-likeness (QED) is 0.869. The van der Waals surface area contributed by atoms with Crippen LogP contribution in [0.25, 0.3) is 11.1 Å². The van der Waals surface area contributed by atoms with Crippen LogP contribution in [0, 0.1) is 5.92 Å². The minimum atomic E-state index is -0.610. The van der Waals surface area contributed by atoms with E-state index >= 15 is 0 Å². The van der Waals surface area contributed by atoms with E-state index in [0.29, 0.717) is 5.52 Å². The van der Waals surface area contributed by atoms with E-state index in [2.05, 4.69) is 5.32 Å². The number of rotatable bonds is 4. The van der Waals surface area contributed by atoms with Gasteiger partial charge in [0.05, 0.1) is 17.2 Å². The number of oxazole rings is 1. The van der Waals surface area contributed by atoms with Gasteiger partial charge >= 0.3 is 5.76 Å². The van der Waals surface area contributed by atoms with Crippen LogP contribution in [-0.2, 0) is 7.05 Å². The first kappa shape index (κ1) is 14.3. The molecule has 0 fully saturated rings. The van der Waals surface area contributed by atoms with Gasteiger partial charge in [0.25, 0.3) is 5.91 Å². The zero-order valence-corrected chi connectivity index (χ0v) is 11.7. The monoisotopic (exact) mass is 278 g/mol. The Kier molecular flexibility index (Phi) is 3.94. The van der Waals surface area contributed by atoms with Crippen molar-refractivity contribution in [2.45, 2.75) is 20.0 Å². The third kappa shape index (κ3) is 2.60. The summed E-state index contributed by atoms with van der Waals surface area (Å²) in [6.07, 6.45) is -0.610. The highest BCUT2D eigenvalue weighted by atomic mass is 16.4. The fourth-order valence-electron chi connectivity index (χ4n) is 1.86. The van der Waals surface area contributed by atoms with Crippen LogP contribution < -0.4 is 11.1 Å². The number of hydrogen-bond donors (Lipinski definition) is 2. The first-order chi connectivity index (χ1) is 9.41. The SMILES string of the molecule is CC(C)C(O)CNC(=O)c1cccc2c1oc(=O)n2C. The second kappa shape index (κ2) is 5.50. The van der Waals surface area contributed by atoms with E-state index in [4.69, 9.17) is 4.42 Å². The predicted molar refractivity (Wildman–Crippen MR) is 74.6 cm³/mol. The molecule has 2 rings (SSSR count). The number of fused-ring (bicyclic) bond motifs is 1. The molecular weight excluding hydrogens is 260 g/mol. The third-order valence-electron chi connectivity index (χ3n) is 3.30. The third-order valence-corrected chi connectivity index (χ3v) is 3.30. The molecule has 0 aliphatic rings. The molecule has 1 heterocycles. The Bertz CT molecular complexity index is 684. The predicted octanol–water partition coefficient (Wildman–Crippen LogP) is 0.878. The van der Waals surface area contributed by atoms with E-state index in [1.165, 1.54) is 4.57 Å². The summed E-state index contributed by atoms with van der Waals surface area (Å²) in [7, 11) is 1.58. The molecular formula is C14H18N2O4. The maximum Gasteiger partial charge on any atom is 0.419 e. The van der Waals surface area contributed by atoms with E-state index in [0.717, 1.165) is 0 Å². The first-order valence-corrected chi connectivity index (χ1v) is 6.46. The summed E-state index contributed by atoms with van der Waals surface area (Å²) < 4.78 is 6.43. The number of hydrogen-bond acceptors (Lipinski definition) is 4.